The summed E-state index contributed by atoms with van der Waals surface area (Å²) in [5.74, 6) is 0.450. The minimum atomic E-state index is -0.197. The number of phenolic OH excluding ortho intramolecular Hbond substituents is 2. The number of benzene rings is 2. The summed E-state index contributed by atoms with van der Waals surface area (Å²) in [7, 11) is 0. The third kappa shape index (κ3) is 4.06. The summed E-state index contributed by atoms with van der Waals surface area (Å²) in [6.07, 6.45) is 0. The predicted molar refractivity (Wildman–Crippen MR) is 111 cm³/mol. The van der Waals surface area contributed by atoms with E-state index >= 15 is 0 Å². The zero-order valence-electron chi connectivity index (χ0n) is 17.8. The zero-order valence-corrected chi connectivity index (χ0v) is 17.8. The molecule has 0 spiro atoms. The van der Waals surface area contributed by atoms with Gasteiger partial charge in [0.2, 0.25) is 0 Å². The lowest BCUT2D eigenvalue weighted by atomic mass is 9.77. The molecule has 0 bridgehead atoms. The molecule has 0 aromatic heterocycles. The van der Waals surface area contributed by atoms with E-state index in [1.54, 1.807) is 6.07 Å². The van der Waals surface area contributed by atoms with Crippen LogP contribution in [0.3, 0.4) is 0 Å². The summed E-state index contributed by atoms with van der Waals surface area (Å²) < 4.78 is 0. The van der Waals surface area contributed by atoms with Crippen LogP contribution in [0.2, 0.25) is 0 Å². The van der Waals surface area contributed by atoms with Gasteiger partial charge in [-0.2, -0.15) is 0 Å². The summed E-state index contributed by atoms with van der Waals surface area (Å²) in [6, 6.07) is 9.81. The predicted octanol–water partition coefficient (Wildman–Crippen LogP) is 6.66. The molecular weight excluding hydrogens is 320 g/mol. The van der Waals surface area contributed by atoms with Gasteiger partial charge < -0.3 is 10.2 Å². The molecule has 0 amide bonds. The highest BCUT2D eigenvalue weighted by atomic mass is 16.3. The molecule has 0 radical (unpaired) electrons. The van der Waals surface area contributed by atoms with Crippen molar-refractivity contribution in [1.29, 1.82) is 0 Å². The first-order valence-corrected chi connectivity index (χ1v) is 9.34. The van der Waals surface area contributed by atoms with Gasteiger partial charge in [0.05, 0.1) is 0 Å². The molecule has 0 fully saturated rings. The fourth-order valence-corrected chi connectivity index (χ4v) is 3.06. The highest BCUT2D eigenvalue weighted by molar-refractivity contribution is 5.78. The van der Waals surface area contributed by atoms with E-state index in [9.17, 15) is 10.2 Å². The number of aromatic hydroxyl groups is 2. The van der Waals surface area contributed by atoms with Crippen LogP contribution in [-0.4, -0.2) is 10.2 Å². The van der Waals surface area contributed by atoms with Gasteiger partial charge in [0.1, 0.15) is 11.5 Å². The molecule has 2 rings (SSSR count). The molecule has 26 heavy (non-hydrogen) atoms. The van der Waals surface area contributed by atoms with Crippen LogP contribution < -0.4 is 0 Å². The SMILES string of the molecule is CC(C)(C)c1ccc(O)c(-c2cc(C(C)(C)C)cc(C(C)(C)C)c2O)c1. The molecule has 2 heteroatoms. The molecule has 2 N–H and O–H groups in total. The Morgan fingerprint density at radius 3 is 1.54 bits per heavy atom. The summed E-state index contributed by atoms with van der Waals surface area (Å²) >= 11 is 0. The van der Waals surface area contributed by atoms with E-state index in [1.807, 2.05) is 18.2 Å². The minimum Gasteiger partial charge on any atom is -0.507 e. The fourth-order valence-electron chi connectivity index (χ4n) is 3.06. The van der Waals surface area contributed by atoms with E-state index in [0.29, 0.717) is 11.1 Å². The first kappa shape index (κ1) is 20.4. The fraction of sp³-hybridized carbons (Fsp3) is 0.500. The standard InChI is InChI=1S/C24H34O2/c1-22(2,3)15-10-11-20(25)17(12-15)18-13-16(23(4,5)6)14-19(21(18)26)24(7,8)9/h10-14,25-26H,1-9H3. The Bertz CT molecular complexity index is 810. The van der Waals surface area contributed by atoms with Gasteiger partial charge in [-0.15, -0.1) is 0 Å². The zero-order chi connectivity index (χ0) is 20.1. The maximum Gasteiger partial charge on any atom is 0.127 e. The molecule has 142 valence electrons. The van der Waals surface area contributed by atoms with Crippen molar-refractivity contribution in [3.8, 4) is 22.6 Å². The Labute approximate surface area is 158 Å². The molecule has 2 aromatic rings. The van der Waals surface area contributed by atoms with Crippen molar-refractivity contribution < 1.29 is 10.2 Å². The first-order chi connectivity index (χ1) is 11.6. The lowest BCUT2D eigenvalue weighted by Gasteiger charge is -2.28. The van der Waals surface area contributed by atoms with Crippen molar-refractivity contribution in [3.05, 3.63) is 47.0 Å². The van der Waals surface area contributed by atoms with Crippen LogP contribution >= 0.6 is 0 Å². The molecular formula is C24H34O2. The van der Waals surface area contributed by atoms with Gasteiger partial charge in [0, 0.05) is 16.7 Å². The van der Waals surface area contributed by atoms with Gasteiger partial charge in [0.25, 0.3) is 0 Å². The average Bonchev–Trinajstić information content (AvgIpc) is 2.44. The molecule has 2 nitrogen and oxygen atoms in total. The molecule has 0 heterocycles. The van der Waals surface area contributed by atoms with Crippen molar-refractivity contribution in [1.82, 2.24) is 0 Å². The van der Waals surface area contributed by atoms with Crippen molar-refractivity contribution in [3.63, 3.8) is 0 Å². The minimum absolute atomic E-state index is 0.0352. The Morgan fingerprint density at radius 2 is 1.08 bits per heavy atom. The largest absolute Gasteiger partial charge is 0.507 e. The Balaban J connectivity index is 2.86. The molecule has 2 aromatic carbocycles. The average molecular weight is 355 g/mol. The van der Waals surface area contributed by atoms with Gasteiger partial charge in [-0.25, -0.2) is 0 Å². The second-order valence-corrected chi connectivity index (χ2v) is 10.4. The van der Waals surface area contributed by atoms with Crippen LogP contribution in [0.1, 0.15) is 79.0 Å². The number of hydrogen-bond acceptors (Lipinski definition) is 2. The van der Waals surface area contributed by atoms with E-state index in [1.165, 1.54) is 0 Å². The normalized spacial score (nSPS) is 13.1. The molecule has 0 aliphatic carbocycles. The summed E-state index contributed by atoms with van der Waals surface area (Å²) in [6.45, 7) is 19.2. The smallest absolute Gasteiger partial charge is 0.127 e. The van der Waals surface area contributed by atoms with Crippen molar-refractivity contribution >= 4 is 0 Å². The third-order valence-corrected chi connectivity index (χ3v) is 4.94. The summed E-state index contributed by atoms with van der Waals surface area (Å²) in [4.78, 5) is 0. The van der Waals surface area contributed by atoms with Crippen LogP contribution in [0.4, 0.5) is 0 Å². The maximum atomic E-state index is 11.1. The van der Waals surface area contributed by atoms with Crippen LogP contribution in [0, 0.1) is 0 Å². The Hall–Kier alpha value is -1.96. The van der Waals surface area contributed by atoms with E-state index < -0.39 is 0 Å². The van der Waals surface area contributed by atoms with Gasteiger partial charge in [-0.05, 0) is 45.6 Å². The van der Waals surface area contributed by atoms with Crippen molar-refractivity contribution in [2.45, 2.75) is 78.6 Å². The molecule has 0 atom stereocenters. The number of phenols is 2. The molecule has 0 aliphatic heterocycles. The van der Waals surface area contributed by atoms with Crippen LogP contribution in [-0.2, 0) is 16.2 Å². The monoisotopic (exact) mass is 354 g/mol. The third-order valence-electron chi connectivity index (χ3n) is 4.94. The Morgan fingerprint density at radius 1 is 0.577 bits per heavy atom. The highest BCUT2D eigenvalue weighted by Crippen LogP contribution is 2.45. The second-order valence-electron chi connectivity index (χ2n) is 10.4. The van der Waals surface area contributed by atoms with Crippen molar-refractivity contribution in [2.24, 2.45) is 0 Å². The van der Waals surface area contributed by atoms with E-state index in [2.05, 4.69) is 68.4 Å². The highest BCUT2D eigenvalue weighted by Gasteiger charge is 2.27. The van der Waals surface area contributed by atoms with Crippen LogP contribution in [0.5, 0.6) is 11.5 Å². The topological polar surface area (TPSA) is 40.5 Å². The Kier molecular flexibility index (Phi) is 4.96. The van der Waals surface area contributed by atoms with E-state index in [4.69, 9.17) is 0 Å². The lowest BCUT2D eigenvalue weighted by molar-refractivity contribution is 0.444. The molecule has 0 unspecified atom stereocenters. The van der Waals surface area contributed by atoms with Gasteiger partial charge in [-0.3, -0.25) is 0 Å². The van der Waals surface area contributed by atoms with Gasteiger partial charge in [-0.1, -0.05) is 74.4 Å². The van der Waals surface area contributed by atoms with Crippen molar-refractivity contribution in [2.75, 3.05) is 0 Å². The maximum absolute atomic E-state index is 11.1. The second kappa shape index (κ2) is 6.33. The van der Waals surface area contributed by atoms with E-state index in [0.717, 1.165) is 16.7 Å². The lowest BCUT2D eigenvalue weighted by Crippen LogP contribution is -2.17. The molecule has 0 aliphatic rings. The first-order valence-electron chi connectivity index (χ1n) is 9.34. The quantitative estimate of drug-likeness (QED) is 0.601. The summed E-state index contributed by atoms with van der Waals surface area (Å²) in [5, 5.41) is 21.6. The van der Waals surface area contributed by atoms with Crippen LogP contribution in [0.25, 0.3) is 11.1 Å². The number of rotatable bonds is 1. The van der Waals surface area contributed by atoms with Gasteiger partial charge >= 0.3 is 0 Å². The summed E-state index contributed by atoms with van der Waals surface area (Å²) in [5.41, 5.74) is 4.28. The molecule has 0 saturated heterocycles. The molecule has 0 saturated carbocycles. The van der Waals surface area contributed by atoms with E-state index in [-0.39, 0.29) is 27.7 Å². The van der Waals surface area contributed by atoms with Gasteiger partial charge in [0.15, 0.2) is 0 Å². The number of hydrogen-bond donors (Lipinski definition) is 2. The van der Waals surface area contributed by atoms with Crippen LogP contribution in [0.15, 0.2) is 30.3 Å².